The molecule has 2 aromatic heterocycles. The number of aryl methyl sites for hydroxylation is 1. The lowest BCUT2D eigenvalue weighted by Gasteiger charge is -2.25. The number of hydrogen-bond donors (Lipinski definition) is 0. The number of hydrogen-bond acceptors (Lipinski definition) is 1. The third-order valence-electron chi connectivity index (χ3n) is 6.78. The summed E-state index contributed by atoms with van der Waals surface area (Å²) in [6.45, 7) is 6.28. The molecule has 0 radical (unpaired) electrons. The van der Waals surface area contributed by atoms with Crippen LogP contribution in [0.15, 0.2) is 30.3 Å². The van der Waals surface area contributed by atoms with Crippen molar-refractivity contribution in [3.8, 4) is 10.4 Å². The normalized spacial score (nSPS) is 18.7. The number of halogens is 6. The van der Waals surface area contributed by atoms with Gasteiger partial charge in [-0.15, -0.1) is 11.3 Å². The summed E-state index contributed by atoms with van der Waals surface area (Å²) < 4.78 is 94.3. The van der Waals surface area contributed by atoms with Crippen LogP contribution < -0.4 is 4.57 Å². The largest absolute Gasteiger partial charge is 0.380 e. The average molecular weight is 500 g/mol. The zero-order chi connectivity index (χ0) is 25.4. The van der Waals surface area contributed by atoms with E-state index in [-0.39, 0.29) is 27.4 Å². The van der Waals surface area contributed by atoms with Gasteiger partial charge < -0.3 is 0 Å². The minimum absolute atomic E-state index is 0.217. The molecule has 1 aliphatic carbocycles. The number of allylic oxidation sites excluding steroid dienone is 2. The predicted octanol–water partition coefficient (Wildman–Crippen LogP) is 6.90. The van der Waals surface area contributed by atoms with Crippen molar-refractivity contribution < 1.29 is 30.9 Å². The van der Waals surface area contributed by atoms with Crippen LogP contribution in [0.2, 0.25) is 0 Å². The SMILES string of the molecule is CCc1n(C)c(C)c(C2=C(c3c(C)sc(-c4ccccc4)c3C)C(F)(F)C(F)(F)C2(F)F)[n+]1C. The van der Waals surface area contributed by atoms with Crippen LogP contribution in [0, 0.1) is 20.8 Å². The molecule has 2 heterocycles. The van der Waals surface area contributed by atoms with Crippen LogP contribution in [0.1, 0.15) is 40.1 Å². The van der Waals surface area contributed by atoms with E-state index in [1.807, 2.05) is 0 Å². The fourth-order valence-corrected chi connectivity index (χ4v) is 6.21. The van der Waals surface area contributed by atoms with Gasteiger partial charge in [-0.05, 0) is 25.0 Å². The van der Waals surface area contributed by atoms with Crippen molar-refractivity contribution in [3.05, 3.63) is 63.5 Å². The molecule has 0 fully saturated rings. The van der Waals surface area contributed by atoms with Crippen molar-refractivity contribution in [3.63, 3.8) is 0 Å². The van der Waals surface area contributed by atoms with Gasteiger partial charge >= 0.3 is 17.8 Å². The van der Waals surface area contributed by atoms with Gasteiger partial charge in [0.25, 0.3) is 5.82 Å². The minimum atomic E-state index is -5.58. The quantitative estimate of drug-likeness (QED) is 0.273. The average Bonchev–Trinajstić information content (AvgIpc) is 3.21. The third-order valence-corrected chi connectivity index (χ3v) is 8.04. The molecule has 9 heteroatoms. The Bertz CT molecular complexity index is 1320. The molecule has 1 aromatic carbocycles. The maximum atomic E-state index is 15.4. The first-order valence-corrected chi connectivity index (χ1v) is 11.6. The molecule has 0 amide bonds. The Hall–Kier alpha value is -2.55. The first-order chi connectivity index (χ1) is 15.7. The number of benzene rings is 1. The summed E-state index contributed by atoms with van der Waals surface area (Å²) in [5.41, 5.74) is -1.93. The molecule has 34 heavy (non-hydrogen) atoms. The van der Waals surface area contributed by atoms with Crippen LogP contribution >= 0.6 is 11.3 Å². The third kappa shape index (κ3) is 2.98. The van der Waals surface area contributed by atoms with Crippen molar-refractivity contribution in [1.82, 2.24) is 4.57 Å². The summed E-state index contributed by atoms with van der Waals surface area (Å²) in [4.78, 5) is 0.863. The summed E-state index contributed by atoms with van der Waals surface area (Å²) in [6, 6.07) is 8.85. The molecule has 0 N–H and O–H groups in total. The Balaban J connectivity index is 2.16. The van der Waals surface area contributed by atoms with Crippen LogP contribution in [-0.2, 0) is 20.5 Å². The molecule has 0 unspecified atom stereocenters. The standard InChI is InChI=1S/C25H25F6N2S/c1-7-17-32(5)14(3)21(33(17)6)20-19(23(26,27)25(30,31)24(20,28)29)18-13(2)22(34-15(18)4)16-11-9-8-10-12-16/h8-12H,7H2,1-6H3/q+1. The number of imidazole rings is 1. The van der Waals surface area contributed by atoms with E-state index in [1.165, 1.54) is 32.4 Å². The smallest absolute Gasteiger partial charge is 0.234 e. The molecule has 0 saturated heterocycles. The van der Waals surface area contributed by atoms with E-state index in [1.54, 1.807) is 48.9 Å². The van der Waals surface area contributed by atoms with Gasteiger partial charge in [0, 0.05) is 34.2 Å². The molecule has 0 spiro atoms. The van der Waals surface area contributed by atoms with E-state index in [9.17, 15) is 8.78 Å². The van der Waals surface area contributed by atoms with Crippen molar-refractivity contribution >= 4 is 22.5 Å². The van der Waals surface area contributed by atoms with E-state index in [0.717, 1.165) is 11.3 Å². The maximum Gasteiger partial charge on any atom is 0.380 e. The summed E-state index contributed by atoms with van der Waals surface area (Å²) >= 11 is 1.13. The lowest BCUT2D eigenvalue weighted by molar-refractivity contribution is -0.681. The molecule has 1 aliphatic rings. The molecular weight excluding hydrogens is 474 g/mol. The second-order valence-corrected chi connectivity index (χ2v) is 9.87. The van der Waals surface area contributed by atoms with Gasteiger partial charge in [-0.2, -0.15) is 26.3 Å². The van der Waals surface area contributed by atoms with Crippen LogP contribution in [0.3, 0.4) is 0 Å². The van der Waals surface area contributed by atoms with Gasteiger partial charge in [0.1, 0.15) is 5.69 Å². The molecule has 182 valence electrons. The van der Waals surface area contributed by atoms with Crippen molar-refractivity contribution in [2.75, 3.05) is 0 Å². The van der Waals surface area contributed by atoms with Gasteiger partial charge in [0.2, 0.25) is 0 Å². The molecule has 4 rings (SSSR count). The van der Waals surface area contributed by atoms with Crippen LogP contribution in [-0.4, -0.2) is 22.3 Å². The highest BCUT2D eigenvalue weighted by Crippen LogP contribution is 2.65. The molecule has 0 atom stereocenters. The zero-order valence-electron chi connectivity index (χ0n) is 19.7. The van der Waals surface area contributed by atoms with E-state index in [2.05, 4.69) is 0 Å². The second-order valence-electron chi connectivity index (χ2n) is 8.65. The summed E-state index contributed by atoms with van der Waals surface area (Å²) in [7, 11) is 3.05. The van der Waals surface area contributed by atoms with Crippen LogP contribution in [0.4, 0.5) is 26.3 Å². The van der Waals surface area contributed by atoms with Gasteiger partial charge in [-0.1, -0.05) is 37.3 Å². The van der Waals surface area contributed by atoms with Crippen molar-refractivity contribution in [2.24, 2.45) is 14.1 Å². The van der Waals surface area contributed by atoms with Gasteiger partial charge in [-0.3, -0.25) is 0 Å². The molecule has 0 saturated carbocycles. The minimum Gasteiger partial charge on any atom is -0.234 e. The monoisotopic (exact) mass is 499 g/mol. The van der Waals surface area contributed by atoms with Crippen LogP contribution in [0.5, 0.6) is 0 Å². The van der Waals surface area contributed by atoms with E-state index in [0.29, 0.717) is 22.7 Å². The van der Waals surface area contributed by atoms with Gasteiger partial charge in [0.05, 0.1) is 19.7 Å². The summed E-state index contributed by atoms with van der Waals surface area (Å²) in [5, 5.41) is 0. The second kappa shape index (κ2) is 7.73. The highest BCUT2D eigenvalue weighted by atomic mass is 32.1. The van der Waals surface area contributed by atoms with Crippen LogP contribution in [0.25, 0.3) is 21.6 Å². The summed E-state index contributed by atoms with van der Waals surface area (Å²) in [5.74, 6) is -15.2. The Kier molecular flexibility index (Phi) is 5.59. The maximum absolute atomic E-state index is 15.4. The van der Waals surface area contributed by atoms with Crippen molar-refractivity contribution in [1.29, 1.82) is 0 Å². The molecule has 0 aliphatic heterocycles. The van der Waals surface area contributed by atoms with Crippen molar-refractivity contribution in [2.45, 2.75) is 51.9 Å². The summed E-state index contributed by atoms with van der Waals surface area (Å²) in [6.07, 6.45) is 0.406. The Labute approximate surface area is 198 Å². The topological polar surface area (TPSA) is 8.81 Å². The fraction of sp³-hybridized carbons (Fsp3) is 0.400. The number of nitrogens with zero attached hydrogens (tertiary/aromatic N) is 2. The van der Waals surface area contributed by atoms with E-state index < -0.39 is 28.9 Å². The van der Waals surface area contributed by atoms with E-state index >= 15 is 17.6 Å². The first kappa shape index (κ1) is 24.6. The molecule has 3 aromatic rings. The highest BCUT2D eigenvalue weighted by Gasteiger charge is 2.81. The highest BCUT2D eigenvalue weighted by molar-refractivity contribution is 7.16. The van der Waals surface area contributed by atoms with E-state index in [4.69, 9.17) is 0 Å². The zero-order valence-corrected chi connectivity index (χ0v) is 20.5. The number of rotatable bonds is 4. The Morgan fingerprint density at radius 3 is 2.00 bits per heavy atom. The Morgan fingerprint density at radius 1 is 0.912 bits per heavy atom. The predicted molar refractivity (Wildman–Crippen MR) is 122 cm³/mol. The lowest BCUT2D eigenvalue weighted by Crippen LogP contribution is -2.49. The van der Waals surface area contributed by atoms with Gasteiger partial charge in [0.15, 0.2) is 5.69 Å². The molecular formula is C25H25F6N2S+. The first-order valence-electron chi connectivity index (χ1n) is 10.8. The van der Waals surface area contributed by atoms with Gasteiger partial charge in [-0.25, -0.2) is 9.13 Å². The number of alkyl halides is 6. The fourth-order valence-electron chi connectivity index (χ4n) is 5.03. The molecule has 2 nitrogen and oxygen atoms in total. The lowest BCUT2D eigenvalue weighted by atomic mass is 9.93. The molecule has 0 bridgehead atoms. The number of thiophene rings is 1. The number of aromatic nitrogens is 2. The Morgan fingerprint density at radius 2 is 1.47 bits per heavy atom.